The molecule has 0 aliphatic carbocycles. The van der Waals surface area contributed by atoms with Gasteiger partial charge in [0, 0.05) is 21.3 Å². The van der Waals surface area contributed by atoms with Crippen molar-refractivity contribution in [1.82, 2.24) is 0 Å². The highest BCUT2D eigenvalue weighted by Crippen LogP contribution is 2.38. The van der Waals surface area contributed by atoms with Crippen LogP contribution in [-0.4, -0.2) is 61.0 Å². The van der Waals surface area contributed by atoms with Crippen molar-refractivity contribution in [3.63, 3.8) is 0 Å². The van der Waals surface area contributed by atoms with Crippen molar-refractivity contribution >= 4 is 8.60 Å². The molecule has 98 valence electrons. The lowest BCUT2D eigenvalue weighted by atomic mass is 10.8. The molecule has 6 nitrogen and oxygen atoms in total. The smallest absolute Gasteiger partial charge is 0.332 e. The molecule has 0 aliphatic rings. The summed E-state index contributed by atoms with van der Waals surface area (Å²) < 4.78 is 30.7. The van der Waals surface area contributed by atoms with Crippen LogP contribution >= 0.6 is 8.60 Å². The fourth-order valence-electron chi connectivity index (χ4n) is 0.697. The third kappa shape index (κ3) is 10.7. The van der Waals surface area contributed by atoms with E-state index >= 15 is 0 Å². The van der Waals surface area contributed by atoms with Crippen molar-refractivity contribution in [3.05, 3.63) is 0 Å². The summed E-state index contributed by atoms with van der Waals surface area (Å²) in [4.78, 5) is 0. The number of rotatable bonds is 12. The first kappa shape index (κ1) is 16.2. The van der Waals surface area contributed by atoms with Crippen LogP contribution in [0.2, 0.25) is 0 Å². The fourth-order valence-corrected chi connectivity index (χ4v) is 1.59. The molecule has 0 bridgehead atoms. The second kappa shape index (κ2) is 13.3. The van der Waals surface area contributed by atoms with Crippen molar-refractivity contribution in [1.29, 1.82) is 0 Å². The molecule has 0 unspecified atom stereocenters. The molecule has 0 saturated heterocycles. The Labute approximate surface area is 98.1 Å². The van der Waals surface area contributed by atoms with Gasteiger partial charge in [-0.05, 0) is 0 Å². The van der Waals surface area contributed by atoms with Crippen LogP contribution in [0.1, 0.15) is 0 Å². The van der Waals surface area contributed by atoms with Crippen LogP contribution in [-0.2, 0) is 27.8 Å². The van der Waals surface area contributed by atoms with Crippen molar-refractivity contribution in [2.45, 2.75) is 0 Å². The number of methoxy groups -OCH3 is 3. The maximum absolute atomic E-state index is 5.36. The molecule has 0 amide bonds. The molecule has 0 fully saturated rings. The van der Waals surface area contributed by atoms with E-state index < -0.39 is 8.60 Å². The molecular formula is C9H21O6P. The lowest BCUT2D eigenvalue weighted by Crippen LogP contribution is -2.07. The Morgan fingerprint density at radius 3 is 1.12 bits per heavy atom. The van der Waals surface area contributed by atoms with Gasteiger partial charge in [-0.2, -0.15) is 0 Å². The second-order valence-electron chi connectivity index (χ2n) is 2.70. The van der Waals surface area contributed by atoms with E-state index in [0.717, 1.165) is 0 Å². The van der Waals surface area contributed by atoms with Crippen LogP contribution in [0.15, 0.2) is 0 Å². The number of hydrogen-bond donors (Lipinski definition) is 0. The predicted octanol–water partition coefficient (Wildman–Crippen LogP) is 1.20. The number of ether oxygens (including phenoxy) is 3. The van der Waals surface area contributed by atoms with Gasteiger partial charge in [0.25, 0.3) is 0 Å². The highest BCUT2D eigenvalue weighted by molar-refractivity contribution is 7.41. The van der Waals surface area contributed by atoms with Crippen LogP contribution in [0.4, 0.5) is 0 Å². The number of hydrogen-bond acceptors (Lipinski definition) is 6. The van der Waals surface area contributed by atoms with Gasteiger partial charge < -0.3 is 27.8 Å². The summed E-state index contributed by atoms with van der Waals surface area (Å²) in [6, 6.07) is 0. The van der Waals surface area contributed by atoms with Crippen LogP contribution in [0.5, 0.6) is 0 Å². The van der Waals surface area contributed by atoms with Gasteiger partial charge in [0.15, 0.2) is 0 Å². The molecule has 0 aromatic carbocycles. The van der Waals surface area contributed by atoms with Crippen LogP contribution in [0.3, 0.4) is 0 Å². The minimum absolute atomic E-state index is 0.447. The van der Waals surface area contributed by atoms with Crippen molar-refractivity contribution < 1.29 is 27.8 Å². The van der Waals surface area contributed by atoms with Crippen LogP contribution in [0.25, 0.3) is 0 Å². The predicted molar refractivity (Wildman–Crippen MR) is 60.4 cm³/mol. The van der Waals surface area contributed by atoms with E-state index in [1.54, 1.807) is 21.3 Å². The first-order chi connectivity index (χ1) is 7.85. The summed E-state index contributed by atoms with van der Waals surface area (Å²) in [5.74, 6) is 0. The molecule has 0 aromatic rings. The molecule has 16 heavy (non-hydrogen) atoms. The van der Waals surface area contributed by atoms with E-state index in [0.29, 0.717) is 39.6 Å². The Hall–Kier alpha value is 0.190. The van der Waals surface area contributed by atoms with Gasteiger partial charge in [0.1, 0.15) is 0 Å². The van der Waals surface area contributed by atoms with E-state index in [9.17, 15) is 0 Å². The fraction of sp³-hybridized carbons (Fsp3) is 1.00. The molecule has 0 saturated carbocycles. The first-order valence-electron chi connectivity index (χ1n) is 5.00. The van der Waals surface area contributed by atoms with E-state index in [2.05, 4.69) is 0 Å². The molecule has 7 heteroatoms. The molecule has 0 rings (SSSR count). The van der Waals surface area contributed by atoms with Gasteiger partial charge in [-0.25, -0.2) is 0 Å². The monoisotopic (exact) mass is 256 g/mol. The third-order valence-corrected chi connectivity index (χ3v) is 2.63. The largest absolute Gasteiger partial charge is 0.382 e. The van der Waals surface area contributed by atoms with Crippen LogP contribution in [0, 0.1) is 0 Å². The summed E-state index contributed by atoms with van der Waals surface area (Å²) in [6.45, 7) is 2.88. The first-order valence-corrected chi connectivity index (χ1v) is 6.10. The Morgan fingerprint density at radius 1 is 0.562 bits per heavy atom. The molecule has 0 heterocycles. The quantitative estimate of drug-likeness (QED) is 0.386. The zero-order valence-electron chi connectivity index (χ0n) is 10.1. The summed E-state index contributed by atoms with van der Waals surface area (Å²) in [7, 11) is 3.51. The van der Waals surface area contributed by atoms with Gasteiger partial charge in [0.05, 0.1) is 39.6 Å². The van der Waals surface area contributed by atoms with E-state index in [1.165, 1.54) is 0 Å². The molecule has 0 N–H and O–H groups in total. The van der Waals surface area contributed by atoms with Gasteiger partial charge in [-0.15, -0.1) is 0 Å². The molecule has 0 aliphatic heterocycles. The molecule has 0 radical (unpaired) electrons. The van der Waals surface area contributed by atoms with Gasteiger partial charge >= 0.3 is 8.60 Å². The molecule has 0 aromatic heterocycles. The SMILES string of the molecule is COCCOP(OCCOC)OCCOC. The highest BCUT2D eigenvalue weighted by Gasteiger charge is 2.11. The second-order valence-corrected chi connectivity index (χ2v) is 3.92. The maximum Gasteiger partial charge on any atom is 0.332 e. The topological polar surface area (TPSA) is 55.4 Å². The van der Waals surface area contributed by atoms with Crippen molar-refractivity contribution in [3.8, 4) is 0 Å². The Morgan fingerprint density at radius 2 is 0.875 bits per heavy atom. The molecular weight excluding hydrogens is 235 g/mol. The zero-order valence-corrected chi connectivity index (χ0v) is 11.0. The summed E-state index contributed by atoms with van der Waals surface area (Å²) in [5.41, 5.74) is 0. The average molecular weight is 256 g/mol. The van der Waals surface area contributed by atoms with E-state index in [1.807, 2.05) is 0 Å². The highest BCUT2D eigenvalue weighted by atomic mass is 31.2. The maximum atomic E-state index is 5.36. The van der Waals surface area contributed by atoms with Crippen molar-refractivity contribution in [2.24, 2.45) is 0 Å². The normalized spacial score (nSPS) is 11.2. The summed E-state index contributed by atoms with van der Waals surface area (Å²) in [5, 5.41) is 0. The lowest BCUT2D eigenvalue weighted by molar-refractivity contribution is 0.0792. The van der Waals surface area contributed by atoms with E-state index in [4.69, 9.17) is 27.8 Å². The molecule has 0 spiro atoms. The standard InChI is InChI=1S/C9H21O6P/c1-10-4-7-13-16(14-8-5-11-2)15-9-6-12-3/h4-9H2,1-3H3. The Bertz CT molecular complexity index is 113. The average Bonchev–Trinajstić information content (AvgIpc) is 2.29. The Kier molecular flexibility index (Phi) is 13.4. The molecule has 0 atom stereocenters. The van der Waals surface area contributed by atoms with E-state index in [-0.39, 0.29) is 0 Å². The van der Waals surface area contributed by atoms with Crippen molar-refractivity contribution in [2.75, 3.05) is 61.0 Å². The minimum Gasteiger partial charge on any atom is -0.382 e. The Balaban J connectivity index is 3.58. The van der Waals surface area contributed by atoms with Gasteiger partial charge in [-0.3, -0.25) is 0 Å². The van der Waals surface area contributed by atoms with Gasteiger partial charge in [0.2, 0.25) is 0 Å². The summed E-state index contributed by atoms with van der Waals surface area (Å²) in [6.07, 6.45) is 0. The van der Waals surface area contributed by atoms with Crippen LogP contribution < -0.4 is 0 Å². The zero-order chi connectivity index (χ0) is 12.1. The van der Waals surface area contributed by atoms with Gasteiger partial charge in [-0.1, -0.05) is 0 Å². The lowest BCUT2D eigenvalue weighted by Gasteiger charge is -2.16. The summed E-state index contributed by atoms with van der Waals surface area (Å²) >= 11 is 0. The minimum atomic E-state index is -1.34. The third-order valence-electron chi connectivity index (χ3n) is 1.45.